The highest BCUT2D eigenvalue weighted by molar-refractivity contribution is 5.88. The van der Waals surface area contributed by atoms with Gasteiger partial charge in [0, 0.05) is 5.56 Å². The van der Waals surface area contributed by atoms with Crippen LogP contribution in [0.2, 0.25) is 0 Å². The number of nitrogen functional groups attached to an aromatic ring is 1. The van der Waals surface area contributed by atoms with Crippen molar-refractivity contribution in [3.63, 3.8) is 0 Å². The van der Waals surface area contributed by atoms with Crippen LogP contribution in [0.15, 0.2) is 41.0 Å². The Labute approximate surface area is 111 Å². The van der Waals surface area contributed by atoms with Crippen LogP contribution >= 0.6 is 0 Å². The molecule has 0 amide bonds. The molecule has 0 unspecified atom stereocenters. The van der Waals surface area contributed by atoms with Crippen molar-refractivity contribution >= 4 is 5.82 Å². The number of furan rings is 1. The maximum absolute atomic E-state index is 6.01. The first-order valence-corrected chi connectivity index (χ1v) is 6.12. The zero-order valence-electron chi connectivity index (χ0n) is 10.9. The van der Waals surface area contributed by atoms with Gasteiger partial charge in [-0.3, -0.25) is 5.10 Å². The molecule has 4 nitrogen and oxygen atoms in total. The molecule has 96 valence electrons. The van der Waals surface area contributed by atoms with Gasteiger partial charge in [0.25, 0.3) is 0 Å². The summed E-state index contributed by atoms with van der Waals surface area (Å²) in [5.41, 5.74) is 11.0. The quantitative estimate of drug-likeness (QED) is 0.734. The molecule has 0 radical (unpaired) electrons. The van der Waals surface area contributed by atoms with Gasteiger partial charge in [0.2, 0.25) is 0 Å². The predicted octanol–water partition coefficient (Wildman–Crippen LogP) is 3.54. The molecule has 2 heterocycles. The molecular weight excluding hydrogens is 238 g/mol. The number of aryl methyl sites for hydroxylation is 2. The van der Waals surface area contributed by atoms with E-state index >= 15 is 0 Å². The van der Waals surface area contributed by atoms with Gasteiger partial charge in [-0.15, -0.1) is 0 Å². The Balaban J connectivity index is 2.22. The largest absolute Gasteiger partial charge is 0.469 e. The van der Waals surface area contributed by atoms with Gasteiger partial charge in [0.05, 0.1) is 11.3 Å². The molecule has 0 bridgehead atoms. The van der Waals surface area contributed by atoms with Crippen LogP contribution in [0.3, 0.4) is 0 Å². The van der Waals surface area contributed by atoms with Crippen molar-refractivity contribution in [2.24, 2.45) is 0 Å². The molecule has 0 fully saturated rings. The van der Waals surface area contributed by atoms with Crippen molar-refractivity contribution < 1.29 is 4.42 Å². The van der Waals surface area contributed by atoms with E-state index in [4.69, 9.17) is 10.2 Å². The first kappa shape index (κ1) is 11.6. The summed E-state index contributed by atoms with van der Waals surface area (Å²) in [5.74, 6) is 1.36. The Morgan fingerprint density at radius 3 is 2.68 bits per heavy atom. The number of aromatic amines is 1. The number of benzene rings is 1. The van der Waals surface area contributed by atoms with Crippen molar-refractivity contribution in [3.8, 4) is 22.4 Å². The average Bonchev–Trinajstić information content (AvgIpc) is 2.96. The highest BCUT2D eigenvalue weighted by atomic mass is 16.3. The number of rotatable bonds is 2. The fourth-order valence-electron chi connectivity index (χ4n) is 2.27. The zero-order chi connectivity index (χ0) is 13.4. The first-order valence-electron chi connectivity index (χ1n) is 6.12. The van der Waals surface area contributed by atoms with E-state index in [1.807, 2.05) is 31.2 Å². The normalized spacial score (nSPS) is 10.8. The third-order valence-corrected chi connectivity index (χ3v) is 3.23. The summed E-state index contributed by atoms with van der Waals surface area (Å²) in [4.78, 5) is 0. The van der Waals surface area contributed by atoms with Crippen LogP contribution in [0, 0.1) is 13.8 Å². The number of nitrogens with zero attached hydrogens (tertiary/aromatic N) is 1. The van der Waals surface area contributed by atoms with E-state index in [9.17, 15) is 0 Å². The topological polar surface area (TPSA) is 67.8 Å². The van der Waals surface area contributed by atoms with Crippen LogP contribution in [0.5, 0.6) is 0 Å². The number of H-pyrrole nitrogens is 1. The Morgan fingerprint density at radius 1 is 1.21 bits per heavy atom. The smallest absolute Gasteiger partial charge is 0.153 e. The van der Waals surface area contributed by atoms with Gasteiger partial charge in [-0.05, 0) is 31.0 Å². The molecule has 19 heavy (non-hydrogen) atoms. The Hall–Kier alpha value is -2.49. The molecule has 0 saturated heterocycles. The lowest BCUT2D eigenvalue weighted by atomic mass is 9.98. The standard InChI is InChI=1S/C15H15N3O/c1-9-5-3-4-6-12(9)13-14(17-18-15(13)16)11-7-10(2)19-8-11/h3-8H,1-2H3,(H3,16,17,18). The summed E-state index contributed by atoms with van der Waals surface area (Å²) in [6.45, 7) is 3.98. The van der Waals surface area contributed by atoms with E-state index < -0.39 is 0 Å². The second kappa shape index (κ2) is 4.31. The highest BCUT2D eigenvalue weighted by Gasteiger charge is 2.17. The number of nitrogens with two attached hydrogens (primary N) is 1. The van der Waals surface area contributed by atoms with E-state index in [0.29, 0.717) is 5.82 Å². The molecule has 2 aromatic heterocycles. The van der Waals surface area contributed by atoms with Gasteiger partial charge in [-0.1, -0.05) is 24.3 Å². The van der Waals surface area contributed by atoms with E-state index in [0.717, 1.165) is 33.7 Å². The maximum atomic E-state index is 6.01. The molecular formula is C15H15N3O. The zero-order valence-corrected chi connectivity index (χ0v) is 10.9. The molecule has 0 atom stereocenters. The van der Waals surface area contributed by atoms with Crippen LogP contribution in [0.25, 0.3) is 22.4 Å². The summed E-state index contributed by atoms with van der Waals surface area (Å²) in [7, 11) is 0. The highest BCUT2D eigenvalue weighted by Crippen LogP contribution is 2.36. The minimum Gasteiger partial charge on any atom is -0.469 e. The van der Waals surface area contributed by atoms with Gasteiger partial charge in [0.15, 0.2) is 5.82 Å². The molecule has 0 aliphatic rings. The molecule has 0 spiro atoms. The lowest BCUT2D eigenvalue weighted by Crippen LogP contribution is -1.90. The first-order chi connectivity index (χ1) is 9.16. The van der Waals surface area contributed by atoms with Crippen molar-refractivity contribution in [3.05, 3.63) is 47.9 Å². The van der Waals surface area contributed by atoms with E-state index in [1.165, 1.54) is 0 Å². The lowest BCUT2D eigenvalue weighted by molar-refractivity contribution is 0.535. The summed E-state index contributed by atoms with van der Waals surface area (Å²) < 4.78 is 5.36. The molecule has 3 aromatic rings. The fraction of sp³-hybridized carbons (Fsp3) is 0.133. The second-order valence-corrected chi connectivity index (χ2v) is 4.62. The predicted molar refractivity (Wildman–Crippen MR) is 75.6 cm³/mol. The number of hydrogen-bond donors (Lipinski definition) is 2. The lowest BCUT2D eigenvalue weighted by Gasteiger charge is -2.06. The molecule has 0 aliphatic carbocycles. The van der Waals surface area contributed by atoms with Crippen molar-refractivity contribution in [2.45, 2.75) is 13.8 Å². The average molecular weight is 253 g/mol. The minimum absolute atomic E-state index is 0.503. The Kier molecular flexibility index (Phi) is 2.63. The number of anilines is 1. The SMILES string of the molecule is Cc1cc(-c2[nH]nc(N)c2-c2ccccc2C)co1. The Morgan fingerprint density at radius 2 is 2.00 bits per heavy atom. The second-order valence-electron chi connectivity index (χ2n) is 4.62. The van der Waals surface area contributed by atoms with Crippen LogP contribution in [-0.4, -0.2) is 10.2 Å². The Bertz CT molecular complexity index is 725. The summed E-state index contributed by atoms with van der Waals surface area (Å²) in [6, 6.07) is 10.1. The van der Waals surface area contributed by atoms with Crippen LogP contribution in [0.1, 0.15) is 11.3 Å². The third kappa shape index (κ3) is 1.91. The van der Waals surface area contributed by atoms with E-state index in [-0.39, 0.29) is 0 Å². The van der Waals surface area contributed by atoms with Crippen LogP contribution in [0.4, 0.5) is 5.82 Å². The van der Waals surface area contributed by atoms with Crippen molar-refractivity contribution in [1.82, 2.24) is 10.2 Å². The van der Waals surface area contributed by atoms with Gasteiger partial charge in [-0.25, -0.2) is 0 Å². The number of hydrogen-bond acceptors (Lipinski definition) is 3. The molecule has 0 saturated carbocycles. The van der Waals surface area contributed by atoms with Gasteiger partial charge < -0.3 is 10.2 Å². The van der Waals surface area contributed by atoms with Gasteiger partial charge in [0.1, 0.15) is 12.0 Å². The van der Waals surface area contributed by atoms with E-state index in [1.54, 1.807) is 6.26 Å². The van der Waals surface area contributed by atoms with Crippen LogP contribution in [-0.2, 0) is 0 Å². The van der Waals surface area contributed by atoms with Gasteiger partial charge in [-0.2, -0.15) is 5.10 Å². The molecule has 0 aliphatic heterocycles. The number of nitrogens with one attached hydrogen (secondary N) is 1. The maximum Gasteiger partial charge on any atom is 0.153 e. The number of aromatic nitrogens is 2. The molecule has 3 rings (SSSR count). The van der Waals surface area contributed by atoms with Crippen LogP contribution < -0.4 is 5.73 Å². The fourth-order valence-corrected chi connectivity index (χ4v) is 2.27. The molecule has 1 aromatic carbocycles. The summed E-state index contributed by atoms with van der Waals surface area (Å²) in [5, 5.41) is 7.13. The third-order valence-electron chi connectivity index (χ3n) is 3.23. The summed E-state index contributed by atoms with van der Waals surface area (Å²) >= 11 is 0. The molecule has 3 N–H and O–H groups in total. The van der Waals surface area contributed by atoms with Crippen molar-refractivity contribution in [1.29, 1.82) is 0 Å². The van der Waals surface area contributed by atoms with E-state index in [2.05, 4.69) is 23.2 Å². The van der Waals surface area contributed by atoms with Gasteiger partial charge >= 0.3 is 0 Å². The minimum atomic E-state index is 0.503. The monoisotopic (exact) mass is 253 g/mol. The van der Waals surface area contributed by atoms with Crippen molar-refractivity contribution in [2.75, 3.05) is 5.73 Å². The molecule has 4 heteroatoms. The summed E-state index contributed by atoms with van der Waals surface area (Å²) in [6.07, 6.45) is 1.71.